The van der Waals surface area contributed by atoms with Crippen molar-refractivity contribution in [3.05, 3.63) is 147 Å². The Morgan fingerprint density at radius 2 is 0.873 bits per heavy atom. The fourth-order valence-corrected chi connectivity index (χ4v) is 7.74. The van der Waals surface area contributed by atoms with E-state index in [1.807, 2.05) is 5.38 Å². The van der Waals surface area contributed by atoms with Crippen molar-refractivity contribution in [3.63, 3.8) is 0 Å². The molecule has 12 nitrogen and oxygen atoms in total. The first-order valence-electron chi connectivity index (χ1n) is 15.4. The van der Waals surface area contributed by atoms with Crippen LogP contribution in [-0.2, 0) is 20.1 Å². The zero-order chi connectivity index (χ0) is 39.4. The molecule has 4 aromatic carbocycles. The number of anilines is 4. The number of aromatic nitrogens is 2. The third kappa shape index (κ3) is 8.58. The molecule has 19 heteroatoms. The molecule has 1 unspecified atom stereocenters. The van der Waals surface area contributed by atoms with E-state index < -0.39 is 35.5 Å². The van der Waals surface area contributed by atoms with E-state index in [1.54, 1.807) is 120 Å². The first-order valence-corrected chi connectivity index (χ1v) is 21.1. The van der Waals surface area contributed by atoms with Gasteiger partial charge >= 0.3 is 23.9 Å². The molecule has 0 radical (unpaired) electrons. The van der Waals surface area contributed by atoms with Gasteiger partial charge in [0.1, 0.15) is 0 Å². The zero-order valence-corrected chi connectivity index (χ0v) is 37.0. The number of urea groups is 2. The van der Waals surface area contributed by atoms with Crippen molar-refractivity contribution < 1.29 is 29.1 Å². The first kappa shape index (κ1) is 40.7. The predicted octanol–water partition coefficient (Wildman–Crippen LogP) is 10.1. The molecule has 2 aliphatic heterocycles. The Morgan fingerprint density at radius 1 is 0.491 bits per heavy atom. The SMILES string of the molecule is Brc1nccs1.O=C1C(=O)N(c2ccc(Br)cc2)C(=O)N1c1ccc(Br)cc1.O=C1N(c2ccc(Br)cc2)C(=O)C(O)(c2nccs2)N1c1ccc(Br)cc1. The Balaban J connectivity index is 0.000000165. The second-order valence-electron chi connectivity index (χ2n) is 11.0. The van der Waals surface area contributed by atoms with Gasteiger partial charge in [0.25, 0.3) is 11.6 Å². The summed E-state index contributed by atoms with van der Waals surface area (Å²) in [7, 11) is 0. The maximum absolute atomic E-state index is 13.2. The lowest BCUT2D eigenvalue weighted by Gasteiger charge is -2.28. The van der Waals surface area contributed by atoms with Crippen LogP contribution in [0.2, 0.25) is 0 Å². The molecule has 278 valence electrons. The third-order valence-corrected chi connectivity index (χ3v) is 12.0. The highest BCUT2D eigenvalue weighted by molar-refractivity contribution is 9.11. The summed E-state index contributed by atoms with van der Waals surface area (Å²) in [5, 5.41) is 15.1. The van der Waals surface area contributed by atoms with Crippen LogP contribution in [-0.4, -0.2) is 44.9 Å². The second-order valence-corrected chi connectivity index (χ2v) is 17.8. The van der Waals surface area contributed by atoms with E-state index in [2.05, 4.69) is 89.6 Å². The third-order valence-electron chi connectivity index (χ3n) is 7.65. The maximum Gasteiger partial charge on any atom is 0.343 e. The van der Waals surface area contributed by atoms with E-state index in [9.17, 15) is 29.1 Å². The second kappa shape index (κ2) is 17.5. The van der Waals surface area contributed by atoms with Crippen molar-refractivity contribution in [1.29, 1.82) is 0 Å². The number of carbonyl (C=O) groups excluding carboxylic acids is 5. The van der Waals surface area contributed by atoms with Crippen molar-refractivity contribution in [1.82, 2.24) is 9.97 Å². The number of rotatable bonds is 5. The number of thiazole rings is 2. The fourth-order valence-electron chi connectivity index (χ4n) is 5.17. The van der Waals surface area contributed by atoms with Gasteiger partial charge in [-0.1, -0.05) is 63.7 Å². The molecule has 1 atom stereocenters. The van der Waals surface area contributed by atoms with Crippen LogP contribution in [0.4, 0.5) is 32.3 Å². The number of carbonyl (C=O) groups is 5. The lowest BCUT2D eigenvalue weighted by atomic mass is 10.1. The van der Waals surface area contributed by atoms with Crippen molar-refractivity contribution in [2.24, 2.45) is 0 Å². The first-order chi connectivity index (χ1) is 26.3. The molecule has 0 aliphatic carbocycles. The van der Waals surface area contributed by atoms with Gasteiger partial charge in [0.05, 0.1) is 17.1 Å². The maximum atomic E-state index is 13.2. The molecule has 7 amide bonds. The van der Waals surface area contributed by atoms with Crippen LogP contribution < -0.4 is 19.6 Å². The van der Waals surface area contributed by atoms with Crippen molar-refractivity contribution in [2.45, 2.75) is 5.72 Å². The Bertz CT molecular complexity index is 2290. The molecular weight excluding hydrogens is 1080 g/mol. The van der Waals surface area contributed by atoms with Gasteiger partial charge in [-0.05, 0) is 113 Å². The highest BCUT2D eigenvalue weighted by Crippen LogP contribution is 2.42. The van der Waals surface area contributed by atoms with Gasteiger partial charge in [-0.3, -0.25) is 14.4 Å². The lowest BCUT2D eigenvalue weighted by molar-refractivity contribution is -0.133. The van der Waals surface area contributed by atoms with Gasteiger partial charge in [0, 0.05) is 46.7 Å². The molecule has 0 spiro atoms. The molecule has 2 fully saturated rings. The van der Waals surface area contributed by atoms with E-state index in [-0.39, 0.29) is 5.01 Å². The summed E-state index contributed by atoms with van der Waals surface area (Å²) in [4.78, 5) is 75.0. The van der Waals surface area contributed by atoms with E-state index in [0.717, 1.165) is 52.7 Å². The monoisotopic (exact) mass is 1090 g/mol. The van der Waals surface area contributed by atoms with Gasteiger partial charge in [-0.15, -0.1) is 22.7 Å². The van der Waals surface area contributed by atoms with Crippen LogP contribution in [0.15, 0.2) is 142 Å². The van der Waals surface area contributed by atoms with E-state index in [1.165, 1.54) is 6.20 Å². The number of halogens is 5. The summed E-state index contributed by atoms with van der Waals surface area (Å²) in [5.74, 6) is -2.50. The molecule has 0 bridgehead atoms. The average molecular weight is 1100 g/mol. The van der Waals surface area contributed by atoms with Crippen LogP contribution >= 0.6 is 102 Å². The summed E-state index contributed by atoms with van der Waals surface area (Å²) in [6.45, 7) is 0. The Labute approximate surface area is 363 Å². The molecule has 55 heavy (non-hydrogen) atoms. The highest BCUT2D eigenvalue weighted by atomic mass is 79.9. The van der Waals surface area contributed by atoms with Gasteiger partial charge in [-0.25, -0.2) is 39.2 Å². The number of amides is 7. The minimum atomic E-state index is -2.22. The largest absolute Gasteiger partial charge is 0.357 e. The van der Waals surface area contributed by atoms with Gasteiger partial charge in [0.15, 0.2) is 8.92 Å². The average Bonchev–Trinajstić information content (AvgIpc) is 3.97. The number of aliphatic hydroxyl groups is 1. The number of hydrogen-bond acceptors (Lipinski definition) is 10. The smallest absolute Gasteiger partial charge is 0.343 e. The van der Waals surface area contributed by atoms with Crippen LogP contribution in [0.1, 0.15) is 5.01 Å². The Morgan fingerprint density at radius 3 is 1.22 bits per heavy atom. The molecule has 1 N–H and O–H groups in total. The molecule has 0 saturated carbocycles. The van der Waals surface area contributed by atoms with Crippen molar-refractivity contribution >= 4 is 155 Å². The summed E-state index contributed by atoms with van der Waals surface area (Å²) < 4.78 is 4.19. The summed E-state index contributed by atoms with van der Waals surface area (Å²) >= 11 is 19.1. The minimum absolute atomic E-state index is 0.128. The minimum Gasteiger partial charge on any atom is -0.357 e. The van der Waals surface area contributed by atoms with Crippen LogP contribution in [0.25, 0.3) is 0 Å². The van der Waals surface area contributed by atoms with Gasteiger partial charge < -0.3 is 5.11 Å². The Hall–Kier alpha value is -3.95. The van der Waals surface area contributed by atoms with Crippen LogP contribution in [0, 0.1) is 0 Å². The molecule has 6 aromatic rings. The Kier molecular flexibility index (Phi) is 12.9. The number of nitrogens with zero attached hydrogens (tertiary/aromatic N) is 6. The summed E-state index contributed by atoms with van der Waals surface area (Å²) in [6, 6.07) is 25.3. The fraction of sp³-hybridized carbons (Fsp3) is 0.0278. The molecule has 8 rings (SSSR count). The van der Waals surface area contributed by atoms with Crippen LogP contribution in [0.3, 0.4) is 0 Å². The summed E-state index contributed by atoms with van der Waals surface area (Å²) in [6.07, 6.45) is 3.24. The van der Waals surface area contributed by atoms with Crippen molar-refractivity contribution in [2.75, 3.05) is 19.6 Å². The zero-order valence-electron chi connectivity index (χ0n) is 27.4. The van der Waals surface area contributed by atoms with E-state index in [0.29, 0.717) is 22.7 Å². The van der Waals surface area contributed by atoms with Gasteiger partial charge in [0.2, 0.25) is 0 Å². The molecule has 2 aromatic heterocycles. The highest BCUT2D eigenvalue weighted by Gasteiger charge is 2.60. The quantitative estimate of drug-likeness (QED) is 0.133. The topological polar surface area (TPSA) is 144 Å². The normalized spacial score (nSPS) is 16.7. The standard InChI is InChI=1S/C18H11Br2N3O3S.C15H8Br2N2O3.C3H2BrNS/c19-11-1-5-13(6-2-11)22-16(24)18(26,15-21-9-10-27-15)23(17(22)25)14-7-3-12(20)4-8-14;16-9-1-5-11(6-2-9)18-13(20)14(21)19(15(18)22)12-7-3-10(17)4-8-12;4-3-5-1-2-6-3/h1-10,26H;1-8H;1-2H. The lowest BCUT2D eigenvalue weighted by Crippen LogP contribution is -2.47. The van der Waals surface area contributed by atoms with E-state index >= 15 is 0 Å². The van der Waals surface area contributed by atoms with Gasteiger partial charge in [-0.2, -0.15) is 0 Å². The molecular formula is C36H21Br5N6O6S2. The number of hydrogen-bond donors (Lipinski definition) is 1. The molecule has 2 aliphatic rings. The van der Waals surface area contributed by atoms with E-state index in [4.69, 9.17) is 0 Å². The molecule has 4 heterocycles. The molecule has 2 saturated heterocycles. The van der Waals surface area contributed by atoms with Crippen molar-refractivity contribution in [3.8, 4) is 0 Å². The van der Waals surface area contributed by atoms with Crippen LogP contribution in [0.5, 0.6) is 0 Å². The summed E-state index contributed by atoms with van der Waals surface area (Å²) in [5.41, 5.74) is -0.763. The number of imide groups is 3. The number of benzene rings is 4. The predicted molar refractivity (Wildman–Crippen MR) is 228 cm³/mol.